The van der Waals surface area contributed by atoms with E-state index in [9.17, 15) is 13.2 Å². The molecule has 1 aromatic carbocycles. The molecule has 0 saturated carbocycles. The van der Waals surface area contributed by atoms with Gasteiger partial charge in [-0.2, -0.15) is 0 Å². The number of nitrogens with zero attached hydrogens (tertiary/aromatic N) is 3. The van der Waals surface area contributed by atoms with Gasteiger partial charge in [0.05, 0.1) is 12.8 Å². The molecule has 3 heterocycles. The number of rotatable bonds is 3. The molecule has 1 amide bonds. The van der Waals surface area contributed by atoms with Gasteiger partial charge in [0.1, 0.15) is 11.4 Å². The number of ether oxygens (including phenoxy) is 1. The van der Waals surface area contributed by atoms with Crippen LogP contribution in [0.1, 0.15) is 18.7 Å². The number of amides is 1. The number of hydrogen-bond acceptors (Lipinski definition) is 5. The molecule has 27 heavy (non-hydrogen) atoms. The summed E-state index contributed by atoms with van der Waals surface area (Å²) < 4.78 is 33.3. The van der Waals surface area contributed by atoms with Crippen LogP contribution in [0, 0.1) is 0 Å². The number of nitrogens with one attached hydrogen (secondary N) is 1. The van der Waals surface area contributed by atoms with Crippen LogP contribution < -0.4 is 5.32 Å². The molecule has 2 aliphatic rings. The first kappa shape index (κ1) is 18.1. The van der Waals surface area contributed by atoms with Crippen LogP contribution in [-0.4, -0.2) is 53.6 Å². The highest BCUT2D eigenvalue weighted by Gasteiger charge is 2.48. The monoisotopic (exact) mass is 390 g/mol. The van der Waals surface area contributed by atoms with E-state index in [1.807, 2.05) is 41.1 Å². The fourth-order valence-electron chi connectivity index (χ4n) is 3.80. The van der Waals surface area contributed by atoms with Gasteiger partial charge in [-0.25, -0.2) is 17.7 Å². The van der Waals surface area contributed by atoms with Crippen LogP contribution in [0.3, 0.4) is 0 Å². The summed E-state index contributed by atoms with van der Waals surface area (Å²) in [5.41, 5.74) is -0.0368. The van der Waals surface area contributed by atoms with Crippen molar-refractivity contribution in [1.29, 1.82) is 0 Å². The minimum absolute atomic E-state index is 0.217. The summed E-state index contributed by atoms with van der Waals surface area (Å²) in [5.74, 6) is 0.546. The van der Waals surface area contributed by atoms with Crippen molar-refractivity contribution in [3.63, 3.8) is 0 Å². The van der Waals surface area contributed by atoms with Gasteiger partial charge in [0.25, 0.3) is 5.91 Å². The summed E-state index contributed by atoms with van der Waals surface area (Å²) in [4.78, 5) is 17.2. The number of sulfonamides is 1. The molecule has 144 valence electrons. The summed E-state index contributed by atoms with van der Waals surface area (Å²) in [5, 5.41) is 2.89. The molecule has 1 spiro atoms. The first-order chi connectivity index (χ1) is 12.9. The molecule has 1 N–H and O–H groups in total. The Kier molecular flexibility index (Phi) is 4.53. The number of piperidine rings is 1. The van der Waals surface area contributed by atoms with Crippen molar-refractivity contribution >= 4 is 21.6 Å². The number of anilines is 1. The molecule has 9 heteroatoms. The minimum Gasteiger partial charge on any atom is -0.352 e. The summed E-state index contributed by atoms with van der Waals surface area (Å²) in [6.45, 7) is 1.07. The third-order valence-electron chi connectivity index (χ3n) is 5.19. The first-order valence-corrected chi connectivity index (χ1v) is 10.7. The van der Waals surface area contributed by atoms with Gasteiger partial charge in [-0.15, -0.1) is 0 Å². The largest absolute Gasteiger partial charge is 0.352 e. The Bertz CT molecular complexity index is 933. The van der Waals surface area contributed by atoms with E-state index in [1.54, 1.807) is 6.20 Å². The SMILES string of the molecule is CS(=O)(=O)N1CCC2(CC1)O[C@H](C(=O)Nc1ccccc1)Cn1ccnc12. The van der Waals surface area contributed by atoms with Crippen LogP contribution >= 0.6 is 0 Å². The van der Waals surface area contributed by atoms with E-state index in [-0.39, 0.29) is 5.91 Å². The molecule has 0 aliphatic carbocycles. The van der Waals surface area contributed by atoms with E-state index in [4.69, 9.17) is 4.74 Å². The van der Waals surface area contributed by atoms with E-state index in [1.165, 1.54) is 10.6 Å². The number of carbonyl (C=O) groups excluding carboxylic acids is 1. The summed E-state index contributed by atoms with van der Waals surface area (Å²) in [6.07, 6.45) is 5.01. The lowest BCUT2D eigenvalue weighted by Crippen LogP contribution is -2.53. The van der Waals surface area contributed by atoms with E-state index >= 15 is 0 Å². The maximum Gasteiger partial charge on any atom is 0.255 e. The molecule has 1 aromatic heterocycles. The number of fused-ring (bicyclic) bond motifs is 2. The fourth-order valence-corrected chi connectivity index (χ4v) is 4.64. The van der Waals surface area contributed by atoms with Crippen molar-refractivity contribution in [3.8, 4) is 0 Å². The molecule has 0 bridgehead atoms. The van der Waals surface area contributed by atoms with Gasteiger partial charge in [-0.05, 0) is 25.0 Å². The van der Waals surface area contributed by atoms with Gasteiger partial charge < -0.3 is 14.6 Å². The van der Waals surface area contributed by atoms with Gasteiger partial charge in [-0.1, -0.05) is 18.2 Å². The number of para-hydroxylation sites is 1. The molecular formula is C18H22N4O4S. The first-order valence-electron chi connectivity index (χ1n) is 8.88. The lowest BCUT2D eigenvalue weighted by atomic mass is 9.89. The van der Waals surface area contributed by atoms with Crippen molar-refractivity contribution < 1.29 is 17.9 Å². The predicted octanol–water partition coefficient (Wildman–Crippen LogP) is 1.17. The van der Waals surface area contributed by atoms with Gasteiger partial charge in [0, 0.05) is 31.2 Å². The Morgan fingerprint density at radius 3 is 2.63 bits per heavy atom. The molecule has 2 aliphatic heterocycles. The Morgan fingerprint density at radius 1 is 1.26 bits per heavy atom. The van der Waals surface area contributed by atoms with Crippen LogP contribution in [0.2, 0.25) is 0 Å². The fraction of sp³-hybridized carbons (Fsp3) is 0.444. The van der Waals surface area contributed by atoms with Crippen molar-refractivity contribution in [2.75, 3.05) is 24.7 Å². The lowest BCUT2D eigenvalue weighted by Gasteiger charge is -2.44. The summed E-state index contributed by atoms with van der Waals surface area (Å²) >= 11 is 0. The standard InChI is InChI=1S/C18H22N4O4S/c1-27(24,25)22-10-7-18(8-11-22)17-19-9-12-21(17)13-15(26-18)16(23)20-14-5-3-2-4-6-14/h2-6,9,12,15H,7-8,10-11,13H2,1H3,(H,20,23)/t15-/m0/s1. The second kappa shape index (κ2) is 6.74. The molecule has 4 rings (SSSR count). The third kappa shape index (κ3) is 3.50. The summed E-state index contributed by atoms with van der Waals surface area (Å²) in [6, 6.07) is 9.24. The van der Waals surface area contributed by atoms with Gasteiger partial charge in [0.2, 0.25) is 10.0 Å². The number of hydrogen-bond donors (Lipinski definition) is 1. The zero-order valence-corrected chi connectivity index (χ0v) is 15.9. The number of imidazole rings is 1. The highest BCUT2D eigenvalue weighted by Crippen LogP contribution is 2.40. The third-order valence-corrected chi connectivity index (χ3v) is 6.49. The topological polar surface area (TPSA) is 93.5 Å². The van der Waals surface area contributed by atoms with E-state index in [2.05, 4.69) is 10.3 Å². The molecular weight excluding hydrogens is 368 g/mol. The molecule has 8 nitrogen and oxygen atoms in total. The Labute approximate surface area is 158 Å². The van der Waals surface area contributed by atoms with Crippen molar-refractivity contribution in [2.24, 2.45) is 0 Å². The molecule has 0 radical (unpaired) electrons. The second-order valence-electron chi connectivity index (χ2n) is 7.02. The van der Waals surface area contributed by atoms with Crippen LogP contribution in [0.25, 0.3) is 0 Å². The van der Waals surface area contributed by atoms with E-state index in [0.29, 0.717) is 38.2 Å². The van der Waals surface area contributed by atoms with Crippen molar-refractivity contribution in [2.45, 2.75) is 31.1 Å². The molecule has 1 atom stereocenters. The quantitative estimate of drug-likeness (QED) is 0.849. The number of aromatic nitrogens is 2. The minimum atomic E-state index is -3.24. The molecule has 1 saturated heterocycles. The Hall–Kier alpha value is -2.23. The predicted molar refractivity (Wildman–Crippen MR) is 99.5 cm³/mol. The molecule has 2 aromatic rings. The van der Waals surface area contributed by atoms with Gasteiger partial charge in [-0.3, -0.25) is 4.79 Å². The van der Waals surface area contributed by atoms with Crippen LogP contribution in [0.5, 0.6) is 0 Å². The maximum atomic E-state index is 12.8. The number of carbonyl (C=O) groups is 1. The average Bonchev–Trinajstić information content (AvgIpc) is 3.12. The summed E-state index contributed by atoms with van der Waals surface area (Å²) in [7, 11) is -3.24. The molecule has 0 unspecified atom stereocenters. The molecule has 1 fully saturated rings. The Morgan fingerprint density at radius 2 is 1.96 bits per heavy atom. The van der Waals surface area contributed by atoms with Crippen LogP contribution in [-0.2, 0) is 31.7 Å². The zero-order chi connectivity index (χ0) is 19.1. The number of benzene rings is 1. The maximum absolute atomic E-state index is 12.8. The van der Waals surface area contributed by atoms with E-state index in [0.717, 1.165) is 5.82 Å². The van der Waals surface area contributed by atoms with Crippen molar-refractivity contribution in [3.05, 3.63) is 48.5 Å². The van der Waals surface area contributed by atoms with Crippen LogP contribution in [0.4, 0.5) is 5.69 Å². The second-order valence-corrected chi connectivity index (χ2v) is 9.00. The van der Waals surface area contributed by atoms with E-state index < -0.39 is 21.7 Å². The normalized spacial score (nSPS) is 22.3. The van der Waals surface area contributed by atoms with Gasteiger partial charge >= 0.3 is 0 Å². The van der Waals surface area contributed by atoms with Gasteiger partial charge in [0.15, 0.2) is 6.10 Å². The smallest absolute Gasteiger partial charge is 0.255 e. The van der Waals surface area contributed by atoms with Crippen molar-refractivity contribution in [1.82, 2.24) is 13.9 Å². The lowest BCUT2D eigenvalue weighted by molar-refractivity contribution is -0.166. The highest BCUT2D eigenvalue weighted by molar-refractivity contribution is 7.88. The average molecular weight is 390 g/mol. The highest BCUT2D eigenvalue weighted by atomic mass is 32.2. The van der Waals surface area contributed by atoms with Crippen LogP contribution in [0.15, 0.2) is 42.7 Å². The Balaban J connectivity index is 1.56. The zero-order valence-electron chi connectivity index (χ0n) is 15.0.